The molecule has 2 heterocycles. The Kier molecular flexibility index (Phi) is 12.4. The van der Waals surface area contributed by atoms with Gasteiger partial charge in [0.1, 0.15) is 0 Å². The molecule has 1 aromatic rings. The second-order valence-electron chi connectivity index (χ2n) is 7.57. The Morgan fingerprint density at radius 1 is 0.889 bits per heavy atom. The minimum Gasteiger partial charge on any atom is -0.853 e. The van der Waals surface area contributed by atoms with Gasteiger partial charge in [-0.05, 0) is 26.2 Å². The molecular weight excluding hydrogens is 388 g/mol. The molecule has 1 saturated heterocycles. The Morgan fingerprint density at radius 3 is 1.85 bits per heavy atom. The van der Waals surface area contributed by atoms with Crippen molar-refractivity contribution in [2.24, 2.45) is 0 Å². The molecule has 0 bridgehead atoms. The summed E-state index contributed by atoms with van der Waals surface area (Å²) in [5, 5.41) is 21.1. The molecule has 1 aliphatic heterocycles. The molecule has 2 unspecified atom stereocenters. The van der Waals surface area contributed by atoms with Crippen LogP contribution in [0.4, 0.5) is 0 Å². The molecule has 27 heavy (non-hydrogen) atoms. The topological polar surface area (TPSA) is 68.7 Å². The number of hydrogen-bond acceptors (Lipinski definition) is 6. The van der Waals surface area contributed by atoms with Gasteiger partial charge in [-0.2, -0.15) is 0 Å². The maximum atomic E-state index is 10.6. The fourth-order valence-corrected chi connectivity index (χ4v) is 3.24. The van der Waals surface area contributed by atoms with Crippen LogP contribution in [0.5, 0.6) is 0 Å². The number of hydrogen-bond donors (Lipinski definition) is 0. The summed E-state index contributed by atoms with van der Waals surface area (Å²) in [6, 6.07) is 6.15. The summed E-state index contributed by atoms with van der Waals surface area (Å²) in [4.78, 5) is 11.7. The van der Waals surface area contributed by atoms with Crippen LogP contribution in [0.25, 0.3) is 0 Å². The van der Waals surface area contributed by atoms with Gasteiger partial charge in [0.2, 0.25) is 0 Å². The number of nitrogens with zero attached hydrogens (tertiary/aromatic N) is 4. The number of rotatable bonds is 2. The van der Waals surface area contributed by atoms with E-state index in [2.05, 4.69) is 45.9 Å². The van der Waals surface area contributed by atoms with E-state index < -0.39 is 12.2 Å². The summed E-state index contributed by atoms with van der Waals surface area (Å²) < 4.78 is 0. The van der Waals surface area contributed by atoms with E-state index in [0.29, 0.717) is 12.8 Å². The third kappa shape index (κ3) is 9.99. The molecule has 7 heteroatoms. The van der Waals surface area contributed by atoms with Crippen LogP contribution in [0.2, 0.25) is 0 Å². The van der Waals surface area contributed by atoms with Gasteiger partial charge in [0, 0.05) is 52.0 Å². The van der Waals surface area contributed by atoms with E-state index >= 15 is 0 Å². The predicted octanol–water partition coefficient (Wildman–Crippen LogP) is -0.223. The predicted molar refractivity (Wildman–Crippen MR) is 101 cm³/mol. The molecule has 2 aliphatic rings. The van der Waals surface area contributed by atoms with Crippen LogP contribution < -0.4 is 10.2 Å². The number of aromatic nitrogens is 1. The van der Waals surface area contributed by atoms with Crippen molar-refractivity contribution in [2.45, 2.75) is 44.4 Å². The maximum Gasteiger partial charge on any atom is 3.00 e. The van der Waals surface area contributed by atoms with Crippen molar-refractivity contribution in [3.8, 4) is 0 Å². The van der Waals surface area contributed by atoms with E-state index in [4.69, 9.17) is 0 Å². The summed E-state index contributed by atoms with van der Waals surface area (Å²) in [7, 11) is 4.41. The zero-order chi connectivity index (χ0) is 18.8. The molecule has 0 spiro atoms. The van der Waals surface area contributed by atoms with Gasteiger partial charge < -0.3 is 20.0 Å². The molecule has 0 aromatic carbocycles. The molecule has 0 N–H and O–H groups in total. The van der Waals surface area contributed by atoms with Crippen LogP contribution >= 0.6 is 0 Å². The molecule has 1 aromatic heterocycles. The maximum absolute atomic E-state index is 10.6. The second kappa shape index (κ2) is 13.6. The van der Waals surface area contributed by atoms with Gasteiger partial charge in [0.25, 0.3) is 0 Å². The van der Waals surface area contributed by atoms with Crippen LogP contribution in [0.15, 0.2) is 24.4 Å². The Labute approximate surface area is 175 Å². The van der Waals surface area contributed by atoms with Gasteiger partial charge >= 0.3 is 17.1 Å². The fraction of sp³-hybridized carbons (Fsp3) is 0.750. The molecule has 1 radical (unpaired) electrons. The van der Waals surface area contributed by atoms with Crippen LogP contribution in [-0.2, 0) is 23.6 Å². The second-order valence-corrected chi connectivity index (χ2v) is 7.57. The average Bonchev–Trinajstić information content (AvgIpc) is 2.72. The summed E-state index contributed by atoms with van der Waals surface area (Å²) in [5.41, 5.74) is 1.17. The third-order valence-corrected chi connectivity index (χ3v) is 5.21. The fourth-order valence-electron chi connectivity index (χ4n) is 3.24. The summed E-state index contributed by atoms with van der Waals surface area (Å²) >= 11 is 0. The molecule has 153 valence electrons. The van der Waals surface area contributed by atoms with Gasteiger partial charge in [0.05, 0.1) is 5.69 Å². The van der Waals surface area contributed by atoms with Gasteiger partial charge in [-0.1, -0.05) is 31.7 Å². The molecule has 1 saturated carbocycles. The first-order chi connectivity index (χ1) is 12.5. The van der Waals surface area contributed by atoms with Gasteiger partial charge in [0.15, 0.2) is 0 Å². The monoisotopic (exact) mass is 422 g/mol. The van der Waals surface area contributed by atoms with E-state index in [-0.39, 0.29) is 17.1 Å². The zero-order valence-electron chi connectivity index (χ0n) is 16.7. The van der Waals surface area contributed by atoms with E-state index in [9.17, 15) is 10.2 Å². The van der Waals surface area contributed by atoms with E-state index in [1.165, 1.54) is 5.69 Å². The first-order valence-corrected chi connectivity index (χ1v) is 9.85. The Hall–Kier alpha value is -0.531. The molecule has 0 amide bonds. The molecule has 1 aliphatic carbocycles. The van der Waals surface area contributed by atoms with Crippen LogP contribution in [0.3, 0.4) is 0 Å². The minimum absolute atomic E-state index is 0. The smallest absolute Gasteiger partial charge is 0.853 e. The largest absolute Gasteiger partial charge is 3.00 e. The van der Waals surface area contributed by atoms with Crippen molar-refractivity contribution in [2.75, 3.05) is 53.4 Å². The summed E-state index contributed by atoms with van der Waals surface area (Å²) in [6.45, 7) is 7.81. The summed E-state index contributed by atoms with van der Waals surface area (Å²) in [5.74, 6) is 0. The molecular formula is C20H34FeN4O2+. The normalized spacial score (nSPS) is 25.9. The van der Waals surface area contributed by atoms with Crippen molar-refractivity contribution in [1.82, 2.24) is 19.7 Å². The van der Waals surface area contributed by atoms with E-state index in [1.54, 1.807) is 0 Å². The molecule has 3 rings (SSSR count). The minimum atomic E-state index is -0.802. The number of likely N-dealkylation sites (N-methyl/N-ethyl adjacent to an activating group) is 2. The van der Waals surface area contributed by atoms with Gasteiger partial charge in [-0.15, -0.1) is 12.2 Å². The van der Waals surface area contributed by atoms with Gasteiger partial charge in [-0.3, -0.25) is 9.88 Å². The van der Waals surface area contributed by atoms with Crippen molar-refractivity contribution < 1.29 is 27.3 Å². The standard InChI is InChI=1S/C14H24N4.C6H10O2.Fe/c1-16-7-8-17(2)10-12-18(11-9-16)13-14-5-3-4-6-15-14;7-5-3-1-2-4-6(5)8;/h3-6H,7-13H2,1-2H3;5-6H,1-4H2;/q;-2;+3/i;7+2,8+2;. The Balaban J connectivity index is 0.000000342. The Morgan fingerprint density at radius 2 is 1.41 bits per heavy atom. The molecule has 6 nitrogen and oxygen atoms in total. The first kappa shape index (κ1) is 24.5. The quantitative estimate of drug-likeness (QED) is 0.485. The SMILES string of the molecule is CN1CCN(C)CCN(Cc2ccccn2)CC1.[18O-]C1CCCCC1[18O-].[Fe+3]. The van der Waals surface area contributed by atoms with E-state index in [1.807, 2.05) is 12.3 Å². The van der Waals surface area contributed by atoms with Crippen molar-refractivity contribution in [1.29, 1.82) is 0 Å². The van der Waals surface area contributed by atoms with Crippen molar-refractivity contribution in [3.63, 3.8) is 0 Å². The van der Waals surface area contributed by atoms with Crippen LogP contribution in [0.1, 0.15) is 31.4 Å². The molecule has 2 atom stereocenters. The summed E-state index contributed by atoms with van der Waals surface area (Å²) in [6.07, 6.45) is 3.42. The van der Waals surface area contributed by atoms with Gasteiger partial charge in [-0.25, -0.2) is 0 Å². The molecule has 2 fully saturated rings. The Bertz CT molecular complexity index is 470. The van der Waals surface area contributed by atoms with Crippen molar-refractivity contribution >= 4 is 0 Å². The zero-order valence-corrected chi connectivity index (χ0v) is 17.8. The average molecular weight is 422 g/mol. The third-order valence-electron chi connectivity index (χ3n) is 5.21. The van der Waals surface area contributed by atoms with Crippen molar-refractivity contribution in [3.05, 3.63) is 30.1 Å². The van der Waals surface area contributed by atoms with Crippen LogP contribution in [-0.4, -0.2) is 85.3 Å². The van der Waals surface area contributed by atoms with E-state index in [0.717, 1.165) is 58.7 Å². The number of pyridine rings is 1. The first-order valence-electron chi connectivity index (χ1n) is 9.85. The van der Waals surface area contributed by atoms with Crippen LogP contribution in [0, 0.1) is 0 Å².